The van der Waals surface area contributed by atoms with Crippen LogP contribution in [-0.4, -0.2) is 34.8 Å². The number of benzene rings is 1. The van der Waals surface area contributed by atoms with E-state index in [1.54, 1.807) is 6.07 Å². The van der Waals surface area contributed by atoms with Crippen molar-refractivity contribution in [2.45, 2.75) is 44.3 Å². The van der Waals surface area contributed by atoms with E-state index in [4.69, 9.17) is 14.7 Å². The van der Waals surface area contributed by atoms with Crippen LogP contribution in [0.2, 0.25) is 0 Å². The minimum absolute atomic E-state index is 0.150. The summed E-state index contributed by atoms with van der Waals surface area (Å²) in [5, 5.41) is 22.1. The fourth-order valence-electron chi connectivity index (χ4n) is 2.81. The molecule has 2 unspecified atom stereocenters. The third-order valence-electron chi connectivity index (χ3n) is 3.95. The minimum Gasteiger partial charge on any atom is -0.488 e. The average Bonchev–Trinajstić information content (AvgIpc) is 2.76. The van der Waals surface area contributed by atoms with Crippen LogP contribution in [0.25, 0.3) is 0 Å². The second-order valence-corrected chi connectivity index (χ2v) is 5.35. The van der Waals surface area contributed by atoms with E-state index in [1.807, 2.05) is 12.1 Å². The van der Waals surface area contributed by atoms with Crippen molar-refractivity contribution in [3.8, 4) is 11.5 Å². The van der Waals surface area contributed by atoms with Crippen LogP contribution in [-0.2, 0) is 0 Å². The Labute approximate surface area is 117 Å². The normalized spacial score (nSPS) is 27.8. The number of fused-ring (bicyclic) bond motifs is 1. The third kappa shape index (κ3) is 2.58. The van der Waals surface area contributed by atoms with Crippen molar-refractivity contribution in [2.75, 3.05) is 6.61 Å². The molecule has 1 aromatic carbocycles. The van der Waals surface area contributed by atoms with E-state index in [1.165, 1.54) is 0 Å². The van der Waals surface area contributed by atoms with E-state index in [-0.39, 0.29) is 12.7 Å². The van der Waals surface area contributed by atoms with E-state index in [0.717, 1.165) is 37.7 Å². The molecule has 0 spiro atoms. The van der Waals surface area contributed by atoms with Crippen molar-refractivity contribution < 1.29 is 19.8 Å². The van der Waals surface area contributed by atoms with Crippen LogP contribution in [0.15, 0.2) is 23.4 Å². The summed E-state index contributed by atoms with van der Waals surface area (Å²) in [6, 6.07) is 5.46. The van der Waals surface area contributed by atoms with Crippen LogP contribution in [0.3, 0.4) is 0 Å². The lowest BCUT2D eigenvalue weighted by Crippen LogP contribution is -2.30. The average molecular weight is 277 g/mol. The van der Waals surface area contributed by atoms with Gasteiger partial charge in [0.25, 0.3) is 0 Å². The lowest BCUT2D eigenvalue weighted by Gasteiger charge is -2.22. The maximum Gasteiger partial charge on any atom is 0.134 e. The first kappa shape index (κ1) is 13.2. The lowest BCUT2D eigenvalue weighted by molar-refractivity contribution is 0.0319. The monoisotopic (exact) mass is 277 g/mol. The van der Waals surface area contributed by atoms with Gasteiger partial charge in [-0.15, -0.1) is 0 Å². The summed E-state index contributed by atoms with van der Waals surface area (Å²) in [6.45, 7) is 0.279. The number of aliphatic hydroxyl groups excluding tert-OH is 1. The molecular formula is C15H19NO4. The van der Waals surface area contributed by atoms with Gasteiger partial charge in [0.2, 0.25) is 0 Å². The molecule has 20 heavy (non-hydrogen) atoms. The van der Waals surface area contributed by atoms with E-state index in [9.17, 15) is 5.11 Å². The second kappa shape index (κ2) is 5.71. The molecule has 1 aliphatic carbocycles. The molecule has 1 fully saturated rings. The zero-order chi connectivity index (χ0) is 13.9. The van der Waals surface area contributed by atoms with E-state index in [2.05, 4.69) is 5.16 Å². The predicted molar refractivity (Wildman–Crippen MR) is 73.8 cm³/mol. The first-order valence-electron chi connectivity index (χ1n) is 7.11. The molecule has 3 rings (SSSR count). The van der Waals surface area contributed by atoms with Gasteiger partial charge in [-0.05, 0) is 31.4 Å². The van der Waals surface area contributed by atoms with Gasteiger partial charge in [0.15, 0.2) is 0 Å². The van der Waals surface area contributed by atoms with E-state index in [0.29, 0.717) is 17.2 Å². The summed E-state index contributed by atoms with van der Waals surface area (Å²) in [5.41, 5.74) is 1.32. The number of ether oxygens (including phenoxy) is 2. The number of nitrogens with zero attached hydrogens (tertiary/aromatic N) is 1. The molecule has 2 atom stereocenters. The first-order chi connectivity index (χ1) is 9.78. The fraction of sp³-hybridized carbons (Fsp3) is 0.533. The molecule has 108 valence electrons. The van der Waals surface area contributed by atoms with Gasteiger partial charge in [0, 0.05) is 11.6 Å². The van der Waals surface area contributed by atoms with Crippen LogP contribution >= 0.6 is 0 Å². The Kier molecular flexibility index (Phi) is 3.78. The highest BCUT2D eigenvalue weighted by Gasteiger charge is 2.25. The predicted octanol–water partition coefficient (Wildman–Crippen LogP) is 2.33. The van der Waals surface area contributed by atoms with Crippen LogP contribution in [0.4, 0.5) is 0 Å². The van der Waals surface area contributed by atoms with E-state index < -0.39 is 6.10 Å². The van der Waals surface area contributed by atoms with Gasteiger partial charge in [0.05, 0.1) is 6.10 Å². The maximum atomic E-state index is 10.1. The van der Waals surface area contributed by atoms with Gasteiger partial charge in [-0.2, -0.15) is 0 Å². The summed E-state index contributed by atoms with van der Waals surface area (Å²) in [4.78, 5) is 0. The largest absolute Gasteiger partial charge is 0.488 e. The smallest absolute Gasteiger partial charge is 0.134 e. The highest BCUT2D eigenvalue weighted by atomic mass is 16.5. The molecule has 1 heterocycles. The van der Waals surface area contributed by atoms with Crippen molar-refractivity contribution in [1.82, 2.24) is 0 Å². The van der Waals surface area contributed by atoms with Crippen LogP contribution < -0.4 is 9.47 Å². The van der Waals surface area contributed by atoms with Crippen molar-refractivity contribution >= 4 is 5.71 Å². The van der Waals surface area contributed by atoms with Crippen LogP contribution in [0, 0.1) is 0 Å². The van der Waals surface area contributed by atoms with Gasteiger partial charge < -0.3 is 19.8 Å². The summed E-state index contributed by atoms with van der Waals surface area (Å²) in [6.07, 6.45) is 4.43. The lowest BCUT2D eigenvalue weighted by atomic mass is 10.1. The molecule has 1 saturated carbocycles. The Morgan fingerprint density at radius 3 is 2.90 bits per heavy atom. The van der Waals surface area contributed by atoms with Gasteiger partial charge in [-0.1, -0.05) is 18.0 Å². The molecule has 0 aromatic heterocycles. The molecule has 5 nitrogen and oxygen atoms in total. The molecular weight excluding hydrogens is 258 g/mol. The van der Waals surface area contributed by atoms with Crippen LogP contribution in [0.1, 0.15) is 37.7 Å². The minimum atomic E-state index is -0.402. The zero-order valence-electron chi connectivity index (χ0n) is 11.3. The summed E-state index contributed by atoms with van der Waals surface area (Å²) < 4.78 is 11.4. The Balaban J connectivity index is 1.75. The number of rotatable bonds is 2. The van der Waals surface area contributed by atoms with Crippen molar-refractivity contribution in [3.05, 3.63) is 23.8 Å². The standard InChI is InChI=1S/C15H19NO4/c17-13-4-2-1-3-5-14(13)20-10-6-7-11-12(16-18)9-19-15(11)8-10/h6-8,13-14,17-18H,1-5,9H2. The molecule has 2 aliphatic rings. The number of oxime groups is 1. The molecule has 0 saturated heterocycles. The Bertz CT molecular complexity index is 515. The number of hydrogen-bond acceptors (Lipinski definition) is 5. The van der Waals surface area contributed by atoms with Crippen molar-refractivity contribution in [1.29, 1.82) is 0 Å². The Morgan fingerprint density at radius 1 is 1.20 bits per heavy atom. The van der Waals surface area contributed by atoms with Gasteiger partial charge in [-0.3, -0.25) is 0 Å². The SMILES string of the molecule is ON=C1COc2cc(OC3CCCCCC3O)ccc21. The molecule has 0 bridgehead atoms. The summed E-state index contributed by atoms with van der Waals surface area (Å²) in [5.74, 6) is 1.35. The fourth-order valence-corrected chi connectivity index (χ4v) is 2.81. The summed E-state index contributed by atoms with van der Waals surface area (Å²) >= 11 is 0. The number of aliphatic hydroxyl groups is 1. The zero-order valence-corrected chi connectivity index (χ0v) is 11.3. The molecule has 0 amide bonds. The molecule has 5 heteroatoms. The topological polar surface area (TPSA) is 71.3 Å². The van der Waals surface area contributed by atoms with E-state index >= 15 is 0 Å². The molecule has 1 aromatic rings. The molecule has 1 aliphatic heterocycles. The Hall–Kier alpha value is -1.75. The maximum absolute atomic E-state index is 10.1. The Morgan fingerprint density at radius 2 is 2.05 bits per heavy atom. The van der Waals surface area contributed by atoms with Crippen LogP contribution in [0.5, 0.6) is 11.5 Å². The quantitative estimate of drug-likeness (QED) is 0.494. The van der Waals surface area contributed by atoms with Gasteiger partial charge in [0.1, 0.15) is 29.9 Å². The summed E-state index contributed by atoms with van der Waals surface area (Å²) in [7, 11) is 0. The van der Waals surface area contributed by atoms with Gasteiger partial charge >= 0.3 is 0 Å². The second-order valence-electron chi connectivity index (χ2n) is 5.35. The van der Waals surface area contributed by atoms with Crippen molar-refractivity contribution in [3.63, 3.8) is 0 Å². The van der Waals surface area contributed by atoms with Crippen molar-refractivity contribution in [2.24, 2.45) is 5.16 Å². The van der Waals surface area contributed by atoms with Gasteiger partial charge in [-0.25, -0.2) is 0 Å². The molecule has 2 N–H and O–H groups in total. The number of hydrogen-bond donors (Lipinski definition) is 2. The highest BCUT2D eigenvalue weighted by molar-refractivity contribution is 6.05. The highest BCUT2D eigenvalue weighted by Crippen LogP contribution is 2.31. The first-order valence-corrected chi connectivity index (χ1v) is 7.11. The molecule has 0 radical (unpaired) electrons. The third-order valence-corrected chi connectivity index (χ3v) is 3.95.